The van der Waals surface area contributed by atoms with E-state index in [1.165, 1.54) is 128 Å². The molecule has 0 aromatic carbocycles. The van der Waals surface area contributed by atoms with Crippen molar-refractivity contribution in [1.29, 1.82) is 0 Å². The summed E-state index contributed by atoms with van der Waals surface area (Å²) in [5, 5.41) is 0. The molecule has 5 fully saturated rings. The van der Waals surface area contributed by atoms with Crippen LogP contribution in [-0.2, 0) is 0 Å². The molecule has 0 bridgehead atoms. The Labute approximate surface area is 192 Å². The molecule has 0 aliphatic heterocycles. The van der Waals surface area contributed by atoms with Crippen LogP contribution in [0.1, 0.15) is 163 Å². The Hall–Kier alpha value is 0. The molecule has 30 heavy (non-hydrogen) atoms. The van der Waals surface area contributed by atoms with Crippen LogP contribution in [0.15, 0.2) is 0 Å². The van der Waals surface area contributed by atoms with Gasteiger partial charge in [-0.05, 0) is 29.6 Å². The van der Waals surface area contributed by atoms with E-state index in [0.29, 0.717) is 0 Å². The monoisotopic (exact) mass is 420 g/mol. The molecule has 5 aliphatic rings. The van der Waals surface area contributed by atoms with Gasteiger partial charge in [0.05, 0.1) is 0 Å². The first kappa shape index (κ1) is 28.0. The van der Waals surface area contributed by atoms with Crippen molar-refractivity contribution in [2.24, 2.45) is 29.6 Å². The second kappa shape index (κ2) is 18.6. The number of hydrogen-bond donors (Lipinski definition) is 0. The minimum absolute atomic E-state index is 1.03. The van der Waals surface area contributed by atoms with Crippen molar-refractivity contribution < 1.29 is 0 Å². The van der Waals surface area contributed by atoms with E-state index >= 15 is 0 Å². The largest absolute Gasteiger partial charge is 0.0625 e. The fourth-order valence-corrected chi connectivity index (χ4v) is 4.70. The highest BCUT2D eigenvalue weighted by molar-refractivity contribution is 4.65. The van der Waals surface area contributed by atoms with Gasteiger partial charge in [-0.15, -0.1) is 0 Å². The topological polar surface area (TPSA) is 0 Å². The van der Waals surface area contributed by atoms with Crippen LogP contribution >= 0.6 is 0 Å². The summed E-state index contributed by atoms with van der Waals surface area (Å²) < 4.78 is 0. The molecule has 0 radical (unpaired) electrons. The van der Waals surface area contributed by atoms with Crippen molar-refractivity contribution in [3.8, 4) is 0 Å². The number of rotatable bonds is 0. The molecular weight excluding hydrogens is 360 g/mol. The van der Waals surface area contributed by atoms with Gasteiger partial charge in [0, 0.05) is 0 Å². The minimum atomic E-state index is 1.03. The maximum absolute atomic E-state index is 2.38. The second-order valence-corrected chi connectivity index (χ2v) is 11.9. The van der Waals surface area contributed by atoms with Crippen molar-refractivity contribution >= 4 is 0 Å². The SMILES string of the molecule is CC1CC1.CC1CCC1.CC1CCCC1.CC1CCCCC1.CC1CCCCCC1. The summed E-state index contributed by atoms with van der Waals surface area (Å²) in [7, 11) is 0. The Morgan fingerprint density at radius 2 is 0.433 bits per heavy atom. The van der Waals surface area contributed by atoms with Crippen LogP contribution in [0.25, 0.3) is 0 Å². The number of hydrogen-bond acceptors (Lipinski definition) is 0. The van der Waals surface area contributed by atoms with E-state index < -0.39 is 0 Å². The molecule has 0 heterocycles. The molecule has 0 unspecified atom stereocenters. The molecule has 180 valence electrons. The molecule has 0 N–H and O–H groups in total. The van der Waals surface area contributed by atoms with Gasteiger partial charge >= 0.3 is 0 Å². The van der Waals surface area contributed by atoms with Gasteiger partial charge in [0.2, 0.25) is 0 Å². The fourth-order valence-electron chi connectivity index (χ4n) is 4.70. The van der Waals surface area contributed by atoms with Gasteiger partial charge in [-0.2, -0.15) is 0 Å². The van der Waals surface area contributed by atoms with Crippen LogP contribution < -0.4 is 0 Å². The van der Waals surface area contributed by atoms with E-state index in [1.54, 1.807) is 0 Å². The quantitative estimate of drug-likeness (QED) is 0.342. The standard InChI is InChI=1S/C8H16.C7H14.C6H12.C5H10.C4H8/c1-8-6-4-2-3-5-7-8;1-7-5-3-2-4-6-7;1-6-4-2-3-5-6;1-5-3-2-4-5;1-4-2-3-4/h8H,2-7H2,1H3;7H,2-6H2,1H3;6H,2-5H2,1H3;5H,2-4H2,1H3;4H,2-3H2,1H3. The highest BCUT2D eigenvalue weighted by Crippen LogP contribution is 2.27. The zero-order valence-corrected chi connectivity index (χ0v) is 22.0. The third-order valence-electron chi connectivity index (χ3n) is 7.94. The summed E-state index contributed by atoms with van der Waals surface area (Å²) in [5.74, 6) is 5.26. The highest BCUT2D eigenvalue weighted by atomic mass is 14.2. The fraction of sp³-hybridized carbons (Fsp3) is 1.00. The lowest BCUT2D eigenvalue weighted by Gasteiger charge is -2.18. The molecule has 0 saturated heterocycles. The first-order chi connectivity index (χ1) is 14.5. The van der Waals surface area contributed by atoms with E-state index in [1.807, 2.05) is 0 Å². The van der Waals surface area contributed by atoms with Gasteiger partial charge < -0.3 is 0 Å². The molecule has 0 amide bonds. The molecule has 0 nitrogen and oxygen atoms in total. The maximum atomic E-state index is 2.38. The predicted octanol–water partition coefficient (Wildman–Crippen LogP) is 11.0. The summed E-state index contributed by atoms with van der Waals surface area (Å²) in [6, 6.07) is 0. The summed E-state index contributed by atoms with van der Waals surface area (Å²) in [6.45, 7) is 11.7. The zero-order valence-electron chi connectivity index (χ0n) is 22.0. The summed E-state index contributed by atoms with van der Waals surface area (Å²) in [6.07, 6.45) is 29.7. The van der Waals surface area contributed by atoms with Crippen LogP contribution in [0, 0.1) is 29.6 Å². The Morgan fingerprint density at radius 3 is 0.600 bits per heavy atom. The van der Waals surface area contributed by atoms with Crippen LogP contribution in [0.2, 0.25) is 0 Å². The first-order valence-electron chi connectivity index (χ1n) is 14.5. The Kier molecular flexibility index (Phi) is 17.3. The lowest BCUT2D eigenvalue weighted by molar-refractivity contribution is 0.346. The van der Waals surface area contributed by atoms with Crippen LogP contribution in [0.4, 0.5) is 0 Å². The van der Waals surface area contributed by atoms with E-state index in [4.69, 9.17) is 0 Å². The first-order valence-corrected chi connectivity index (χ1v) is 14.5. The summed E-state index contributed by atoms with van der Waals surface area (Å²) >= 11 is 0. The third-order valence-corrected chi connectivity index (χ3v) is 7.94. The molecule has 5 rings (SSSR count). The van der Waals surface area contributed by atoms with Gasteiger partial charge in [0.15, 0.2) is 0 Å². The molecule has 5 saturated carbocycles. The van der Waals surface area contributed by atoms with Gasteiger partial charge in [-0.3, -0.25) is 0 Å². The molecule has 0 aromatic heterocycles. The van der Waals surface area contributed by atoms with E-state index in [-0.39, 0.29) is 0 Å². The molecule has 0 aromatic rings. The highest BCUT2D eigenvalue weighted by Gasteiger charge is 2.12. The zero-order chi connectivity index (χ0) is 22.0. The van der Waals surface area contributed by atoms with E-state index in [2.05, 4.69) is 34.6 Å². The second-order valence-electron chi connectivity index (χ2n) is 11.9. The van der Waals surface area contributed by atoms with E-state index in [9.17, 15) is 0 Å². The van der Waals surface area contributed by atoms with Gasteiger partial charge in [0.1, 0.15) is 0 Å². The summed E-state index contributed by atoms with van der Waals surface area (Å²) in [5.41, 5.74) is 0. The van der Waals surface area contributed by atoms with Crippen molar-refractivity contribution in [3.05, 3.63) is 0 Å². The van der Waals surface area contributed by atoms with E-state index in [0.717, 1.165) is 29.6 Å². The van der Waals surface area contributed by atoms with Crippen LogP contribution in [0.3, 0.4) is 0 Å². The van der Waals surface area contributed by atoms with Crippen LogP contribution in [0.5, 0.6) is 0 Å². The molecule has 5 aliphatic carbocycles. The maximum Gasteiger partial charge on any atom is -0.0443 e. The predicted molar refractivity (Wildman–Crippen MR) is 138 cm³/mol. The Balaban J connectivity index is 0.000000191. The minimum Gasteiger partial charge on any atom is -0.0625 e. The lowest BCUT2D eigenvalue weighted by Crippen LogP contribution is -2.04. The van der Waals surface area contributed by atoms with Gasteiger partial charge in [-0.25, -0.2) is 0 Å². The smallest absolute Gasteiger partial charge is 0.0443 e. The Bertz CT molecular complexity index is 331. The van der Waals surface area contributed by atoms with Crippen molar-refractivity contribution in [1.82, 2.24) is 0 Å². The lowest BCUT2D eigenvalue weighted by atomic mass is 9.88. The molecule has 0 heteroatoms. The van der Waals surface area contributed by atoms with Crippen molar-refractivity contribution in [3.63, 3.8) is 0 Å². The molecule has 0 spiro atoms. The van der Waals surface area contributed by atoms with Crippen molar-refractivity contribution in [2.75, 3.05) is 0 Å². The summed E-state index contributed by atoms with van der Waals surface area (Å²) in [4.78, 5) is 0. The average Bonchev–Trinajstić information content (AvgIpc) is 3.42. The van der Waals surface area contributed by atoms with Crippen molar-refractivity contribution in [2.45, 2.75) is 163 Å². The normalized spacial score (nSPS) is 25.5. The average molecular weight is 421 g/mol. The van der Waals surface area contributed by atoms with Crippen LogP contribution in [-0.4, -0.2) is 0 Å². The third kappa shape index (κ3) is 18.7. The molecule has 0 atom stereocenters. The molecular formula is C30H60. The van der Waals surface area contributed by atoms with Gasteiger partial charge in [-0.1, -0.05) is 163 Å². The van der Waals surface area contributed by atoms with Gasteiger partial charge in [0.25, 0.3) is 0 Å². The Morgan fingerprint density at radius 1 is 0.233 bits per heavy atom.